The molecule has 1 aliphatic rings. The Hall–Kier alpha value is -1.63. The smallest absolute Gasteiger partial charge is 0.213 e. The first-order chi connectivity index (χ1) is 7.88. The number of nitrogens with two attached hydrogens (primary N) is 1. The van der Waals surface area contributed by atoms with E-state index in [9.17, 15) is 0 Å². The quantitative estimate of drug-likeness (QED) is 0.287. The molecule has 7 heteroatoms. The van der Waals surface area contributed by atoms with Crippen LogP contribution in [0.25, 0.3) is 0 Å². The molecule has 0 aliphatic heterocycles. The third-order valence-electron chi connectivity index (χ3n) is 2.62. The summed E-state index contributed by atoms with van der Waals surface area (Å²) in [4.78, 5) is 8.11. The highest BCUT2D eigenvalue weighted by Gasteiger charge is 2.15. The minimum Gasteiger partial charge on any atom is -0.353 e. The molecule has 0 atom stereocenters. The molecule has 2 rings (SSSR count). The number of aliphatic imine (C=N–C) groups is 1. The van der Waals surface area contributed by atoms with Crippen molar-refractivity contribution < 1.29 is 4.52 Å². The summed E-state index contributed by atoms with van der Waals surface area (Å²) >= 11 is 0. The minimum absolute atomic E-state index is 0.357. The van der Waals surface area contributed by atoms with E-state index < -0.39 is 0 Å². The third kappa shape index (κ3) is 2.93. The van der Waals surface area contributed by atoms with Gasteiger partial charge in [-0.05, 0) is 12.8 Å². The molecule has 4 N–H and O–H groups in total. The van der Waals surface area contributed by atoms with Crippen LogP contribution in [0.15, 0.2) is 15.9 Å². The zero-order valence-electron chi connectivity index (χ0n) is 9.02. The van der Waals surface area contributed by atoms with Gasteiger partial charge in [-0.1, -0.05) is 18.0 Å². The van der Waals surface area contributed by atoms with Gasteiger partial charge in [0.2, 0.25) is 12.4 Å². The summed E-state index contributed by atoms with van der Waals surface area (Å²) < 4.78 is 4.61. The van der Waals surface area contributed by atoms with Crippen LogP contribution in [-0.2, 0) is 6.54 Å². The summed E-state index contributed by atoms with van der Waals surface area (Å²) in [5, 5.41) is 6.92. The second kappa shape index (κ2) is 5.45. The second-order valence-electron chi connectivity index (χ2n) is 3.78. The maximum Gasteiger partial charge on any atom is 0.213 e. The van der Waals surface area contributed by atoms with Crippen molar-refractivity contribution in [3.63, 3.8) is 0 Å². The zero-order valence-corrected chi connectivity index (χ0v) is 9.02. The summed E-state index contributed by atoms with van der Waals surface area (Å²) in [7, 11) is 0. The van der Waals surface area contributed by atoms with Crippen LogP contribution >= 0.6 is 0 Å². The average Bonchev–Trinajstić information content (AvgIpc) is 2.97. The lowest BCUT2D eigenvalue weighted by Crippen LogP contribution is -2.45. The Bertz CT molecular complexity index is 330. The molecule has 7 nitrogen and oxygen atoms in total. The molecule has 0 aromatic carbocycles. The van der Waals surface area contributed by atoms with E-state index in [2.05, 4.69) is 30.4 Å². The molecule has 0 saturated heterocycles. The number of rotatable bonds is 3. The maximum absolute atomic E-state index is 5.38. The first kappa shape index (κ1) is 10.9. The molecule has 16 heavy (non-hydrogen) atoms. The first-order valence-corrected chi connectivity index (χ1v) is 5.41. The SMILES string of the molecule is NNC(=NCc1ncon1)NC1CCCC1. The predicted octanol–water partition coefficient (Wildman–Crippen LogP) is -0.0789. The number of aromatic nitrogens is 2. The Labute approximate surface area is 93.5 Å². The summed E-state index contributed by atoms with van der Waals surface area (Å²) in [6, 6.07) is 0.472. The van der Waals surface area contributed by atoms with E-state index in [1.807, 2.05) is 0 Å². The fourth-order valence-corrected chi connectivity index (χ4v) is 1.81. The predicted molar refractivity (Wildman–Crippen MR) is 58.2 cm³/mol. The van der Waals surface area contributed by atoms with E-state index in [1.54, 1.807) is 0 Å². The van der Waals surface area contributed by atoms with Gasteiger partial charge in [0, 0.05) is 6.04 Å². The van der Waals surface area contributed by atoms with Gasteiger partial charge in [-0.15, -0.1) is 0 Å². The van der Waals surface area contributed by atoms with Gasteiger partial charge in [0.15, 0.2) is 5.82 Å². The highest BCUT2D eigenvalue weighted by Crippen LogP contribution is 2.17. The van der Waals surface area contributed by atoms with Gasteiger partial charge in [0.1, 0.15) is 6.54 Å². The molecule has 1 aromatic rings. The molecule has 0 bridgehead atoms. The third-order valence-corrected chi connectivity index (χ3v) is 2.62. The monoisotopic (exact) mass is 224 g/mol. The van der Waals surface area contributed by atoms with Crippen LogP contribution in [0.5, 0.6) is 0 Å². The van der Waals surface area contributed by atoms with Crippen molar-refractivity contribution >= 4 is 5.96 Å². The lowest BCUT2D eigenvalue weighted by Gasteiger charge is -2.14. The summed E-state index contributed by atoms with van der Waals surface area (Å²) in [5.74, 6) is 6.51. The van der Waals surface area contributed by atoms with Crippen LogP contribution in [0.4, 0.5) is 0 Å². The molecule has 0 spiro atoms. The summed E-state index contributed by atoms with van der Waals surface area (Å²) in [6.45, 7) is 0.357. The Morgan fingerprint density at radius 1 is 1.56 bits per heavy atom. The van der Waals surface area contributed by atoms with E-state index in [4.69, 9.17) is 5.84 Å². The lowest BCUT2D eigenvalue weighted by atomic mass is 10.2. The Morgan fingerprint density at radius 2 is 2.38 bits per heavy atom. The molecular formula is C9H16N6O. The van der Waals surface area contributed by atoms with Gasteiger partial charge in [-0.3, -0.25) is 5.43 Å². The zero-order chi connectivity index (χ0) is 11.2. The van der Waals surface area contributed by atoms with Gasteiger partial charge >= 0.3 is 0 Å². The van der Waals surface area contributed by atoms with Crippen LogP contribution in [0.1, 0.15) is 31.5 Å². The average molecular weight is 224 g/mol. The molecule has 1 aliphatic carbocycles. The number of nitrogens with zero attached hydrogens (tertiary/aromatic N) is 3. The minimum atomic E-state index is 0.357. The molecule has 1 heterocycles. The van der Waals surface area contributed by atoms with Crippen molar-refractivity contribution in [2.75, 3.05) is 0 Å². The van der Waals surface area contributed by atoms with Crippen LogP contribution in [0.3, 0.4) is 0 Å². The van der Waals surface area contributed by atoms with Crippen LogP contribution in [-0.4, -0.2) is 22.1 Å². The van der Waals surface area contributed by atoms with Gasteiger partial charge in [0.05, 0.1) is 0 Å². The maximum atomic E-state index is 5.38. The molecule has 1 aromatic heterocycles. The van der Waals surface area contributed by atoms with E-state index in [1.165, 1.54) is 32.1 Å². The number of hydrazine groups is 1. The molecule has 1 fully saturated rings. The van der Waals surface area contributed by atoms with Crippen molar-refractivity contribution in [3.8, 4) is 0 Å². The van der Waals surface area contributed by atoms with Crippen molar-refractivity contribution in [1.82, 2.24) is 20.9 Å². The summed E-state index contributed by atoms with van der Waals surface area (Å²) in [5.41, 5.74) is 2.54. The molecular weight excluding hydrogens is 208 g/mol. The number of hydrogen-bond donors (Lipinski definition) is 3. The molecule has 0 amide bonds. The fourth-order valence-electron chi connectivity index (χ4n) is 1.81. The Kier molecular flexibility index (Phi) is 3.71. The van der Waals surface area contributed by atoms with E-state index in [0.717, 1.165) is 0 Å². The van der Waals surface area contributed by atoms with Gasteiger partial charge < -0.3 is 9.84 Å². The van der Waals surface area contributed by atoms with E-state index in [-0.39, 0.29) is 0 Å². The molecule has 88 valence electrons. The number of guanidine groups is 1. The van der Waals surface area contributed by atoms with Crippen molar-refractivity contribution in [3.05, 3.63) is 12.2 Å². The molecule has 0 unspecified atom stereocenters. The summed E-state index contributed by atoms with van der Waals surface area (Å²) in [6.07, 6.45) is 6.15. The van der Waals surface area contributed by atoms with Gasteiger partial charge in [-0.2, -0.15) is 4.98 Å². The van der Waals surface area contributed by atoms with Gasteiger partial charge in [0.25, 0.3) is 0 Å². The van der Waals surface area contributed by atoms with Crippen molar-refractivity contribution in [1.29, 1.82) is 0 Å². The van der Waals surface area contributed by atoms with E-state index in [0.29, 0.717) is 24.4 Å². The molecule has 0 radical (unpaired) electrons. The number of nitrogens with one attached hydrogen (secondary N) is 2. The standard InChI is InChI=1S/C9H16N6O/c10-14-9(13-7-3-1-2-4-7)11-5-8-12-6-16-15-8/h6-7H,1-5,10H2,(H2,11,13,14). The Morgan fingerprint density at radius 3 is 3.00 bits per heavy atom. The highest BCUT2D eigenvalue weighted by molar-refractivity contribution is 5.79. The van der Waals surface area contributed by atoms with Crippen LogP contribution < -0.4 is 16.6 Å². The molecule has 1 saturated carbocycles. The Balaban J connectivity index is 1.85. The normalized spacial score (nSPS) is 17.7. The van der Waals surface area contributed by atoms with E-state index >= 15 is 0 Å². The largest absolute Gasteiger partial charge is 0.353 e. The van der Waals surface area contributed by atoms with Crippen LogP contribution in [0.2, 0.25) is 0 Å². The van der Waals surface area contributed by atoms with Crippen molar-refractivity contribution in [2.45, 2.75) is 38.3 Å². The highest BCUT2D eigenvalue weighted by atomic mass is 16.5. The fraction of sp³-hybridized carbons (Fsp3) is 0.667. The van der Waals surface area contributed by atoms with Crippen LogP contribution in [0, 0.1) is 0 Å². The number of hydrogen-bond acceptors (Lipinski definition) is 5. The topological polar surface area (TPSA) is 101 Å². The van der Waals surface area contributed by atoms with Gasteiger partial charge in [-0.25, -0.2) is 10.8 Å². The second-order valence-corrected chi connectivity index (χ2v) is 3.78. The van der Waals surface area contributed by atoms with Crippen molar-refractivity contribution in [2.24, 2.45) is 10.8 Å². The lowest BCUT2D eigenvalue weighted by molar-refractivity contribution is 0.410. The first-order valence-electron chi connectivity index (χ1n) is 5.41.